The van der Waals surface area contributed by atoms with Gasteiger partial charge in [0.15, 0.2) is 5.78 Å². The molecular weight excluding hydrogens is 192 g/mol. The van der Waals surface area contributed by atoms with Crippen LogP contribution in [0.2, 0.25) is 0 Å². The lowest BCUT2D eigenvalue weighted by Gasteiger charge is -2.06. The Balaban J connectivity index is 2.24. The predicted octanol–water partition coefficient (Wildman–Crippen LogP) is 2.00. The molecule has 0 spiro atoms. The third-order valence-electron chi connectivity index (χ3n) is 2.42. The standard InChI is InChI=1S/C12H12O3/c1-2-5-9(13)12-11(14)8-6-3-4-7-10(8)15-12/h3-4,6-7,12H,2,5H2,1H3. The van der Waals surface area contributed by atoms with E-state index in [-0.39, 0.29) is 11.6 Å². The molecule has 15 heavy (non-hydrogen) atoms. The molecule has 1 unspecified atom stereocenters. The summed E-state index contributed by atoms with van der Waals surface area (Å²) in [5.74, 6) is 0.194. The van der Waals surface area contributed by atoms with E-state index in [0.717, 1.165) is 6.42 Å². The molecule has 0 amide bonds. The monoisotopic (exact) mass is 204 g/mol. The molecule has 0 radical (unpaired) electrons. The summed E-state index contributed by atoms with van der Waals surface area (Å²) in [5.41, 5.74) is 0.520. The lowest BCUT2D eigenvalue weighted by Crippen LogP contribution is -2.30. The van der Waals surface area contributed by atoms with Crippen LogP contribution in [0, 0.1) is 0 Å². The van der Waals surface area contributed by atoms with Gasteiger partial charge in [0.25, 0.3) is 0 Å². The number of Topliss-reactive ketones (excluding diaryl/α,β-unsaturated/α-hetero) is 2. The Morgan fingerprint density at radius 3 is 2.80 bits per heavy atom. The SMILES string of the molecule is CCCC(=O)C1Oc2ccccc2C1=O. The molecule has 0 fully saturated rings. The zero-order chi connectivity index (χ0) is 10.8. The summed E-state index contributed by atoms with van der Waals surface area (Å²) in [5, 5.41) is 0. The number of hydrogen-bond donors (Lipinski definition) is 0. The van der Waals surface area contributed by atoms with Gasteiger partial charge in [-0.2, -0.15) is 0 Å². The average molecular weight is 204 g/mol. The molecule has 0 aromatic heterocycles. The second-order valence-corrected chi connectivity index (χ2v) is 3.57. The Bertz CT molecular complexity index is 409. The highest BCUT2D eigenvalue weighted by Crippen LogP contribution is 2.28. The Morgan fingerprint density at radius 1 is 1.40 bits per heavy atom. The molecule has 1 aromatic rings. The third-order valence-corrected chi connectivity index (χ3v) is 2.42. The lowest BCUT2D eigenvalue weighted by atomic mass is 10.0. The van der Waals surface area contributed by atoms with E-state index < -0.39 is 6.10 Å². The van der Waals surface area contributed by atoms with Crippen LogP contribution in [0.4, 0.5) is 0 Å². The molecule has 3 nitrogen and oxygen atoms in total. The highest BCUT2D eigenvalue weighted by Gasteiger charge is 2.36. The van der Waals surface area contributed by atoms with Gasteiger partial charge in [-0.15, -0.1) is 0 Å². The van der Waals surface area contributed by atoms with E-state index in [1.54, 1.807) is 24.3 Å². The van der Waals surface area contributed by atoms with E-state index in [1.165, 1.54) is 0 Å². The van der Waals surface area contributed by atoms with Gasteiger partial charge in [-0.3, -0.25) is 9.59 Å². The van der Waals surface area contributed by atoms with Gasteiger partial charge in [0, 0.05) is 6.42 Å². The Kier molecular flexibility index (Phi) is 2.54. The Morgan fingerprint density at radius 2 is 2.13 bits per heavy atom. The number of fused-ring (bicyclic) bond motifs is 1. The molecule has 0 saturated carbocycles. The number of hydrogen-bond acceptors (Lipinski definition) is 3. The van der Waals surface area contributed by atoms with E-state index >= 15 is 0 Å². The van der Waals surface area contributed by atoms with Crippen molar-refractivity contribution in [2.45, 2.75) is 25.9 Å². The third kappa shape index (κ3) is 1.65. The van der Waals surface area contributed by atoms with E-state index in [2.05, 4.69) is 0 Å². The smallest absolute Gasteiger partial charge is 0.219 e. The molecule has 0 bridgehead atoms. The topological polar surface area (TPSA) is 43.4 Å². The summed E-state index contributed by atoms with van der Waals surface area (Å²) >= 11 is 0. The van der Waals surface area contributed by atoms with Crippen LogP contribution in [0.3, 0.4) is 0 Å². The minimum absolute atomic E-state index is 0.126. The van der Waals surface area contributed by atoms with Gasteiger partial charge in [0.1, 0.15) is 5.75 Å². The molecule has 0 N–H and O–H groups in total. The molecule has 0 aliphatic carbocycles. The number of rotatable bonds is 3. The number of ether oxygens (including phenoxy) is 1. The highest BCUT2D eigenvalue weighted by molar-refractivity contribution is 6.16. The average Bonchev–Trinajstić information content (AvgIpc) is 2.57. The molecule has 1 aliphatic heterocycles. The van der Waals surface area contributed by atoms with Crippen molar-refractivity contribution in [3.8, 4) is 5.75 Å². The number of para-hydroxylation sites is 1. The molecule has 0 saturated heterocycles. The first kappa shape index (κ1) is 9.90. The molecule has 1 aliphatic rings. The first-order valence-electron chi connectivity index (χ1n) is 5.06. The second-order valence-electron chi connectivity index (χ2n) is 3.57. The second kappa shape index (κ2) is 3.85. The minimum Gasteiger partial charge on any atom is -0.474 e. The van der Waals surface area contributed by atoms with E-state index in [4.69, 9.17) is 4.74 Å². The molecular formula is C12H12O3. The van der Waals surface area contributed by atoms with Crippen LogP contribution >= 0.6 is 0 Å². The molecule has 2 rings (SSSR count). The summed E-state index contributed by atoms with van der Waals surface area (Å²) in [6, 6.07) is 6.97. The van der Waals surface area contributed by atoms with Crippen LogP contribution in [0.5, 0.6) is 5.75 Å². The van der Waals surface area contributed by atoms with Gasteiger partial charge < -0.3 is 4.74 Å². The summed E-state index contributed by atoms with van der Waals surface area (Å²) in [6.07, 6.45) is 0.231. The first-order valence-corrected chi connectivity index (χ1v) is 5.06. The van der Waals surface area contributed by atoms with Gasteiger partial charge >= 0.3 is 0 Å². The lowest BCUT2D eigenvalue weighted by molar-refractivity contribution is -0.123. The van der Waals surface area contributed by atoms with Gasteiger partial charge in [-0.05, 0) is 18.6 Å². The molecule has 1 heterocycles. The van der Waals surface area contributed by atoms with E-state index in [9.17, 15) is 9.59 Å². The van der Waals surface area contributed by atoms with Crippen molar-refractivity contribution >= 4 is 11.6 Å². The molecule has 1 atom stereocenters. The number of benzene rings is 1. The Labute approximate surface area is 88.1 Å². The van der Waals surface area contributed by atoms with Crippen LogP contribution < -0.4 is 4.74 Å². The van der Waals surface area contributed by atoms with Crippen LogP contribution in [0.25, 0.3) is 0 Å². The van der Waals surface area contributed by atoms with Crippen LogP contribution in [-0.2, 0) is 4.79 Å². The van der Waals surface area contributed by atoms with Crippen LogP contribution in [-0.4, -0.2) is 17.7 Å². The minimum atomic E-state index is -0.901. The van der Waals surface area contributed by atoms with Crippen LogP contribution in [0.15, 0.2) is 24.3 Å². The number of ketones is 2. The van der Waals surface area contributed by atoms with Gasteiger partial charge in [0.2, 0.25) is 11.9 Å². The summed E-state index contributed by atoms with van der Waals surface area (Å²) in [7, 11) is 0. The highest BCUT2D eigenvalue weighted by atomic mass is 16.5. The van der Waals surface area contributed by atoms with Crippen molar-refractivity contribution in [3.63, 3.8) is 0 Å². The molecule has 78 valence electrons. The van der Waals surface area contributed by atoms with Crippen molar-refractivity contribution < 1.29 is 14.3 Å². The summed E-state index contributed by atoms with van der Waals surface area (Å²) < 4.78 is 5.33. The van der Waals surface area contributed by atoms with Crippen molar-refractivity contribution in [2.24, 2.45) is 0 Å². The molecule has 3 heteroatoms. The fraction of sp³-hybridized carbons (Fsp3) is 0.333. The number of carbonyl (C=O) groups is 2. The van der Waals surface area contributed by atoms with E-state index in [1.807, 2.05) is 6.92 Å². The quantitative estimate of drug-likeness (QED) is 0.707. The van der Waals surface area contributed by atoms with Crippen molar-refractivity contribution in [1.82, 2.24) is 0 Å². The first-order chi connectivity index (χ1) is 7.24. The maximum Gasteiger partial charge on any atom is 0.219 e. The summed E-state index contributed by atoms with van der Waals surface area (Å²) in [4.78, 5) is 23.3. The predicted molar refractivity (Wildman–Crippen MR) is 55.1 cm³/mol. The van der Waals surface area contributed by atoms with Gasteiger partial charge in [-0.25, -0.2) is 0 Å². The van der Waals surface area contributed by atoms with E-state index in [0.29, 0.717) is 17.7 Å². The zero-order valence-electron chi connectivity index (χ0n) is 8.53. The fourth-order valence-electron chi connectivity index (χ4n) is 1.68. The normalized spacial score (nSPS) is 18.5. The van der Waals surface area contributed by atoms with Crippen LogP contribution in [0.1, 0.15) is 30.1 Å². The largest absolute Gasteiger partial charge is 0.474 e. The van der Waals surface area contributed by atoms with Crippen molar-refractivity contribution in [1.29, 1.82) is 0 Å². The molecule has 1 aromatic carbocycles. The summed E-state index contributed by atoms with van der Waals surface area (Å²) in [6.45, 7) is 1.91. The van der Waals surface area contributed by atoms with Crippen molar-refractivity contribution in [3.05, 3.63) is 29.8 Å². The van der Waals surface area contributed by atoms with Gasteiger partial charge in [-0.1, -0.05) is 19.1 Å². The maximum absolute atomic E-state index is 11.8. The number of carbonyl (C=O) groups excluding carboxylic acids is 2. The zero-order valence-corrected chi connectivity index (χ0v) is 8.53. The Hall–Kier alpha value is -1.64. The van der Waals surface area contributed by atoms with Gasteiger partial charge in [0.05, 0.1) is 5.56 Å². The maximum atomic E-state index is 11.8. The fourth-order valence-corrected chi connectivity index (χ4v) is 1.68. The van der Waals surface area contributed by atoms with Crippen molar-refractivity contribution in [2.75, 3.05) is 0 Å².